The summed E-state index contributed by atoms with van der Waals surface area (Å²) in [6.07, 6.45) is 0. The Morgan fingerprint density at radius 3 is 2.92 bits per heavy atom. The Labute approximate surface area is 77.2 Å². The zero-order valence-corrected chi connectivity index (χ0v) is 7.50. The van der Waals surface area contributed by atoms with Crippen LogP contribution in [0.2, 0.25) is 0 Å². The van der Waals surface area contributed by atoms with Gasteiger partial charge in [-0.1, -0.05) is 6.07 Å². The highest BCUT2D eigenvalue weighted by Crippen LogP contribution is 2.13. The van der Waals surface area contributed by atoms with Gasteiger partial charge in [0.05, 0.1) is 11.6 Å². The molecule has 0 N–H and O–H groups in total. The molecule has 0 bridgehead atoms. The fourth-order valence-corrected chi connectivity index (χ4v) is 1.07. The maximum absolute atomic E-state index is 12.0. The monoisotopic (exact) mass is 178 g/mol. The topological polar surface area (TPSA) is 27.0 Å². The summed E-state index contributed by atoms with van der Waals surface area (Å²) in [5.74, 6) is 0. The van der Waals surface area contributed by atoms with Gasteiger partial charge in [0, 0.05) is 19.3 Å². The number of alkyl halides is 1. The van der Waals surface area contributed by atoms with Gasteiger partial charge >= 0.3 is 0 Å². The van der Waals surface area contributed by atoms with Crippen molar-refractivity contribution >= 4 is 5.69 Å². The highest BCUT2D eigenvalue weighted by Gasteiger charge is 2.00. The third-order valence-corrected chi connectivity index (χ3v) is 1.84. The zero-order chi connectivity index (χ0) is 9.68. The van der Waals surface area contributed by atoms with E-state index in [1.54, 1.807) is 30.1 Å². The molecule has 0 unspecified atom stereocenters. The molecule has 0 saturated heterocycles. The summed E-state index contributed by atoms with van der Waals surface area (Å²) in [5.41, 5.74) is 1.47. The number of nitrogens with zero attached hydrogens (tertiary/aromatic N) is 2. The molecule has 2 nitrogen and oxygen atoms in total. The Bertz CT molecular complexity index is 317. The molecule has 0 aromatic heterocycles. The predicted octanol–water partition coefficient (Wildman–Crippen LogP) is 1.96. The van der Waals surface area contributed by atoms with Gasteiger partial charge in [-0.25, -0.2) is 4.39 Å². The number of halogens is 1. The molecule has 0 heterocycles. The van der Waals surface area contributed by atoms with Crippen molar-refractivity contribution in [1.29, 1.82) is 5.26 Å². The number of benzene rings is 1. The molecule has 0 fully saturated rings. The van der Waals surface area contributed by atoms with E-state index in [2.05, 4.69) is 0 Å². The molecule has 0 atom stereocenters. The van der Waals surface area contributed by atoms with E-state index < -0.39 is 0 Å². The molecule has 13 heavy (non-hydrogen) atoms. The van der Waals surface area contributed by atoms with Crippen LogP contribution >= 0.6 is 0 Å². The van der Waals surface area contributed by atoms with E-state index in [-0.39, 0.29) is 6.67 Å². The highest BCUT2D eigenvalue weighted by atomic mass is 19.1. The van der Waals surface area contributed by atoms with Crippen LogP contribution in [-0.4, -0.2) is 20.3 Å². The lowest BCUT2D eigenvalue weighted by atomic mass is 10.2. The second-order valence-electron chi connectivity index (χ2n) is 2.77. The summed E-state index contributed by atoms with van der Waals surface area (Å²) in [4.78, 5) is 1.78. The van der Waals surface area contributed by atoms with Crippen molar-refractivity contribution in [3.63, 3.8) is 0 Å². The SMILES string of the molecule is CN(CCF)c1cccc(C#N)c1. The molecule has 1 aromatic rings. The molecule has 0 amide bonds. The average Bonchev–Trinajstić information content (AvgIpc) is 2.18. The lowest BCUT2D eigenvalue weighted by Gasteiger charge is -2.17. The second-order valence-corrected chi connectivity index (χ2v) is 2.77. The number of hydrogen-bond donors (Lipinski definition) is 0. The molecular weight excluding hydrogens is 167 g/mol. The van der Waals surface area contributed by atoms with Crippen molar-refractivity contribution in [3.8, 4) is 6.07 Å². The first kappa shape index (κ1) is 9.53. The van der Waals surface area contributed by atoms with Crippen LogP contribution in [0, 0.1) is 11.3 Å². The second kappa shape index (κ2) is 4.46. The van der Waals surface area contributed by atoms with E-state index in [1.807, 2.05) is 12.1 Å². The molecule has 0 aliphatic heterocycles. The van der Waals surface area contributed by atoms with Gasteiger partial charge in [-0.2, -0.15) is 5.26 Å². The number of anilines is 1. The van der Waals surface area contributed by atoms with Gasteiger partial charge in [0.2, 0.25) is 0 Å². The number of hydrogen-bond acceptors (Lipinski definition) is 2. The van der Waals surface area contributed by atoms with Gasteiger partial charge < -0.3 is 4.90 Å². The van der Waals surface area contributed by atoms with Crippen molar-refractivity contribution < 1.29 is 4.39 Å². The molecule has 0 aliphatic rings. The molecule has 68 valence electrons. The van der Waals surface area contributed by atoms with Crippen molar-refractivity contribution in [3.05, 3.63) is 29.8 Å². The lowest BCUT2D eigenvalue weighted by molar-refractivity contribution is 0.497. The van der Waals surface area contributed by atoms with Gasteiger partial charge in [-0.3, -0.25) is 0 Å². The van der Waals surface area contributed by atoms with Gasteiger partial charge in [-0.05, 0) is 18.2 Å². The molecule has 0 aliphatic carbocycles. The van der Waals surface area contributed by atoms with E-state index in [0.717, 1.165) is 5.69 Å². The summed E-state index contributed by atoms with van der Waals surface area (Å²) in [5, 5.41) is 8.63. The van der Waals surface area contributed by atoms with E-state index in [4.69, 9.17) is 5.26 Å². The van der Waals surface area contributed by atoms with Gasteiger partial charge in [0.25, 0.3) is 0 Å². The molecule has 1 rings (SSSR count). The standard InChI is InChI=1S/C10H11FN2/c1-13(6-5-11)10-4-2-3-9(7-10)8-12/h2-4,7H,5-6H2,1H3. The van der Waals surface area contributed by atoms with Crippen LogP contribution in [0.3, 0.4) is 0 Å². The fraction of sp³-hybridized carbons (Fsp3) is 0.300. The first-order chi connectivity index (χ1) is 6.27. The fourth-order valence-electron chi connectivity index (χ4n) is 1.07. The summed E-state index contributed by atoms with van der Waals surface area (Å²) in [7, 11) is 1.80. The predicted molar refractivity (Wildman–Crippen MR) is 50.4 cm³/mol. The van der Waals surface area contributed by atoms with Gasteiger partial charge in [-0.15, -0.1) is 0 Å². The minimum absolute atomic E-state index is 0.356. The van der Waals surface area contributed by atoms with Crippen molar-refractivity contribution in [2.75, 3.05) is 25.2 Å². The Morgan fingerprint density at radius 1 is 1.54 bits per heavy atom. The van der Waals surface area contributed by atoms with Crippen LogP contribution in [0.1, 0.15) is 5.56 Å². The van der Waals surface area contributed by atoms with Crippen LogP contribution in [0.25, 0.3) is 0 Å². The van der Waals surface area contributed by atoms with Crippen molar-refractivity contribution in [2.24, 2.45) is 0 Å². The molecule has 0 saturated carbocycles. The lowest BCUT2D eigenvalue weighted by Crippen LogP contribution is -2.19. The third kappa shape index (κ3) is 2.45. The minimum Gasteiger partial charge on any atom is -0.372 e. The Morgan fingerprint density at radius 2 is 2.31 bits per heavy atom. The van der Waals surface area contributed by atoms with E-state index in [9.17, 15) is 4.39 Å². The molecule has 0 radical (unpaired) electrons. The van der Waals surface area contributed by atoms with Crippen LogP contribution in [-0.2, 0) is 0 Å². The Balaban J connectivity index is 2.83. The normalized spacial score (nSPS) is 9.31. The summed E-state index contributed by atoms with van der Waals surface area (Å²) in [6.45, 7) is -0.0256. The Hall–Kier alpha value is -1.56. The quantitative estimate of drug-likeness (QED) is 0.707. The third-order valence-electron chi connectivity index (χ3n) is 1.84. The van der Waals surface area contributed by atoms with Crippen LogP contribution in [0.15, 0.2) is 24.3 Å². The van der Waals surface area contributed by atoms with E-state index in [1.165, 1.54) is 0 Å². The molecule has 1 aromatic carbocycles. The van der Waals surface area contributed by atoms with Crippen molar-refractivity contribution in [2.45, 2.75) is 0 Å². The summed E-state index contributed by atoms with van der Waals surface area (Å²) >= 11 is 0. The highest BCUT2D eigenvalue weighted by molar-refractivity contribution is 5.50. The zero-order valence-electron chi connectivity index (χ0n) is 7.50. The molecular formula is C10H11FN2. The largest absolute Gasteiger partial charge is 0.372 e. The summed E-state index contributed by atoms with van der Waals surface area (Å²) in [6, 6.07) is 9.17. The van der Waals surface area contributed by atoms with Crippen LogP contribution in [0.4, 0.5) is 10.1 Å². The maximum Gasteiger partial charge on any atom is 0.107 e. The number of nitriles is 1. The minimum atomic E-state index is -0.382. The van der Waals surface area contributed by atoms with E-state index in [0.29, 0.717) is 12.1 Å². The van der Waals surface area contributed by atoms with Crippen LogP contribution in [0.5, 0.6) is 0 Å². The van der Waals surface area contributed by atoms with Crippen molar-refractivity contribution in [1.82, 2.24) is 0 Å². The molecule has 0 spiro atoms. The maximum atomic E-state index is 12.0. The first-order valence-electron chi connectivity index (χ1n) is 4.05. The summed E-state index contributed by atoms with van der Waals surface area (Å²) < 4.78 is 12.0. The first-order valence-corrected chi connectivity index (χ1v) is 4.05. The van der Waals surface area contributed by atoms with Gasteiger partial charge in [0.15, 0.2) is 0 Å². The smallest absolute Gasteiger partial charge is 0.107 e. The van der Waals surface area contributed by atoms with Gasteiger partial charge in [0.1, 0.15) is 6.67 Å². The van der Waals surface area contributed by atoms with E-state index >= 15 is 0 Å². The average molecular weight is 178 g/mol. The molecule has 3 heteroatoms. The number of rotatable bonds is 3. The van der Waals surface area contributed by atoms with Crippen LogP contribution < -0.4 is 4.90 Å². The Kier molecular flexibility index (Phi) is 3.27.